The number of carbonyl (C=O) groups excluding carboxylic acids is 1. The van der Waals surface area contributed by atoms with Gasteiger partial charge in [0, 0.05) is 0 Å². The number of rotatable bonds is 2. The van der Waals surface area contributed by atoms with Gasteiger partial charge in [-0.2, -0.15) is 0 Å². The molecule has 4 N–H and O–H groups in total. The fourth-order valence-electron chi connectivity index (χ4n) is 4.74. The Hall–Kier alpha value is -0.610. The van der Waals surface area contributed by atoms with E-state index in [1.54, 1.807) is 0 Å². The lowest BCUT2D eigenvalue weighted by Crippen LogP contribution is -2.54. The standard InChI is InChI=1S/C12H20N2O2/c13-14-12(16)11(15)10-8-2-6-1-7(4-8)5-9(10)3-6/h6-11,15H,1-5,13H2,(H,14,16). The Labute approximate surface area is 95.6 Å². The van der Waals surface area contributed by atoms with Gasteiger partial charge in [0.2, 0.25) is 0 Å². The SMILES string of the molecule is NNC(=O)C(O)C1C2CC3CC(C2)CC1C3. The third-order valence-electron chi connectivity index (χ3n) is 5.08. The van der Waals surface area contributed by atoms with Crippen molar-refractivity contribution in [1.82, 2.24) is 5.43 Å². The van der Waals surface area contributed by atoms with Gasteiger partial charge in [0.05, 0.1) is 0 Å². The average Bonchev–Trinajstić information content (AvgIpc) is 2.26. The second-order valence-electron chi connectivity index (χ2n) is 5.96. The molecule has 1 unspecified atom stereocenters. The second-order valence-corrected chi connectivity index (χ2v) is 5.96. The predicted molar refractivity (Wildman–Crippen MR) is 58.9 cm³/mol. The van der Waals surface area contributed by atoms with Crippen molar-refractivity contribution in [3.63, 3.8) is 0 Å². The number of hydrogen-bond acceptors (Lipinski definition) is 3. The zero-order valence-corrected chi connectivity index (χ0v) is 9.43. The Bertz CT molecular complexity index is 277. The lowest BCUT2D eigenvalue weighted by atomic mass is 9.51. The molecule has 4 rings (SSSR count). The lowest BCUT2D eigenvalue weighted by molar-refractivity contribution is -0.144. The molecular formula is C12H20N2O2. The first-order chi connectivity index (χ1) is 7.69. The van der Waals surface area contributed by atoms with E-state index in [0.717, 1.165) is 11.8 Å². The minimum atomic E-state index is -0.889. The van der Waals surface area contributed by atoms with Gasteiger partial charge in [0.25, 0.3) is 5.91 Å². The molecule has 0 saturated heterocycles. The summed E-state index contributed by atoms with van der Waals surface area (Å²) in [5.74, 6) is 7.72. The van der Waals surface area contributed by atoms with E-state index in [-0.39, 0.29) is 5.92 Å². The number of aliphatic hydroxyl groups is 1. The molecular weight excluding hydrogens is 204 g/mol. The predicted octanol–water partition coefficient (Wildman–Crippen LogP) is 0.409. The van der Waals surface area contributed by atoms with Crippen molar-refractivity contribution in [3.05, 3.63) is 0 Å². The summed E-state index contributed by atoms with van der Waals surface area (Å²) in [4.78, 5) is 11.4. The maximum absolute atomic E-state index is 11.4. The van der Waals surface area contributed by atoms with Crippen LogP contribution in [0.5, 0.6) is 0 Å². The lowest BCUT2D eigenvalue weighted by Gasteiger charge is -2.55. The Morgan fingerprint density at radius 3 is 2.06 bits per heavy atom. The van der Waals surface area contributed by atoms with Gasteiger partial charge >= 0.3 is 0 Å². The molecule has 0 aliphatic heterocycles. The smallest absolute Gasteiger partial charge is 0.263 e. The van der Waals surface area contributed by atoms with Crippen LogP contribution in [0.2, 0.25) is 0 Å². The normalized spacial score (nSPS) is 46.8. The highest BCUT2D eigenvalue weighted by Gasteiger charge is 2.51. The van der Waals surface area contributed by atoms with E-state index in [0.29, 0.717) is 11.8 Å². The minimum absolute atomic E-state index is 0.163. The van der Waals surface area contributed by atoms with Crippen LogP contribution in [0.25, 0.3) is 0 Å². The zero-order chi connectivity index (χ0) is 11.3. The fraction of sp³-hybridized carbons (Fsp3) is 0.917. The maximum atomic E-state index is 11.4. The second kappa shape index (κ2) is 3.70. The first kappa shape index (κ1) is 10.5. The largest absolute Gasteiger partial charge is 0.383 e. The van der Waals surface area contributed by atoms with Crippen molar-refractivity contribution in [1.29, 1.82) is 0 Å². The fourth-order valence-corrected chi connectivity index (χ4v) is 4.74. The summed E-state index contributed by atoms with van der Waals surface area (Å²) in [5.41, 5.74) is 2.08. The molecule has 1 atom stereocenters. The number of nitrogens with two attached hydrogens (primary N) is 1. The number of aliphatic hydroxyl groups excluding tert-OH is 1. The van der Waals surface area contributed by atoms with E-state index in [1.165, 1.54) is 32.1 Å². The first-order valence-corrected chi connectivity index (χ1v) is 6.37. The highest BCUT2D eigenvalue weighted by Crippen LogP contribution is 2.57. The van der Waals surface area contributed by atoms with Gasteiger partial charge in [-0.15, -0.1) is 0 Å². The summed E-state index contributed by atoms with van der Waals surface area (Å²) in [6, 6.07) is 0. The summed E-state index contributed by atoms with van der Waals surface area (Å²) < 4.78 is 0. The summed E-state index contributed by atoms with van der Waals surface area (Å²) in [6.45, 7) is 0. The molecule has 0 aromatic carbocycles. The van der Waals surface area contributed by atoms with Gasteiger partial charge in [0.1, 0.15) is 6.10 Å². The average molecular weight is 224 g/mol. The van der Waals surface area contributed by atoms with Crippen LogP contribution in [-0.4, -0.2) is 17.1 Å². The van der Waals surface area contributed by atoms with E-state index in [4.69, 9.17) is 5.84 Å². The van der Waals surface area contributed by atoms with Crippen LogP contribution in [0.15, 0.2) is 0 Å². The molecule has 4 aliphatic rings. The van der Waals surface area contributed by atoms with Gasteiger partial charge in [-0.1, -0.05) is 0 Å². The first-order valence-electron chi connectivity index (χ1n) is 6.37. The molecule has 4 heteroatoms. The molecule has 4 aliphatic carbocycles. The van der Waals surface area contributed by atoms with Crippen molar-refractivity contribution in [2.45, 2.75) is 38.2 Å². The Kier molecular flexibility index (Phi) is 2.44. The molecule has 4 bridgehead atoms. The third-order valence-corrected chi connectivity index (χ3v) is 5.08. The zero-order valence-electron chi connectivity index (χ0n) is 9.43. The molecule has 0 radical (unpaired) electrons. The number of hydrazine groups is 1. The summed E-state index contributed by atoms with van der Waals surface area (Å²) >= 11 is 0. The quantitative estimate of drug-likeness (QED) is 0.361. The van der Waals surface area contributed by atoms with Crippen LogP contribution >= 0.6 is 0 Å². The summed E-state index contributed by atoms with van der Waals surface area (Å²) in [6.07, 6.45) is 5.36. The number of carbonyl (C=O) groups is 1. The van der Waals surface area contributed by atoms with Crippen LogP contribution in [-0.2, 0) is 4.79 Å². The van der Waals surface area contributed by atoms with Crippen LogP contribution in [0.4, 0.5) is 0 Å². The van der Waals surface area contributed by atoms with Gasteiger partial charge < -0.3 is 5.11 Å². The summed E-state index contributed by atoms with van der Waals surface area (Å²) in [7, 11) is 0. The molecule has 16 heavy (non-hydrogen) atoms. The maximum Gasteiger partial charge on any atom is 0.263 e. The minimum Gasteiger partial charge on any atom is -0.383 e. The van der Waals surface area contributed by atoms with E-state index < -0.39 is 12.0 Å². The van der Waals surface area contributed by atoms with Crippen molar-refractivity contribution in [3.8, 4) is 0 Å². The molecule has 4 fully saturated rings. The summed E-state index contributed by atoms with van der Waals surface area (Å²) in [5, 5.41) is 10.1. The van der Waals surface area contributed by atoms with Crippen LogP contribution in [0, 0.1) is 29.6 Å². The Morgan fingerprint density at radius 2 is 1.62 bits per heavy atom. The van der Waals surface area contributed by atoms with Crippen molar-refractivity contribution < 1.29 is 9.90 Å². The highest BCUT2D eigenvalue weighted by atomic mass is 16.3. The van der Waals surface area contributed by atoms with E-state index in [1.807, 2.05) is 0 Å². The van der Waals surface area contributed by atoms with Crippen LogP contribution < -0.4 is 11.3 Å². The van der Waals surface area contributed by atoms with Gasteiger partial charge in [-0.3, -0.25) is 10.2 Å². The molecule has 90 valence electrons. The third kappa shape index (κ3) is 1.47. The molecule has 0 heterocycles. The topological polar surface area (TPSA) is 75.3 Å². The molecule has 4 saturated carbocycles. The van der Waals surface area contributed by atoms with Crippen molar-refractivity contribution in [2.75, 3.05) is 0 Å². The van der Waals surface area contributed by atoms with Gasteiger partial charge in [0.15, 0.2) is 0 Å². The number of hydrogen-bond donors (Lipinski definition) is 3. The van der Waals surface area contributed by atoms with E-state index in [2.05, 4.69) is 5.43 Å². The van der Waals surface area contributed by atoms with Gasteiger partial charge in [-0.25, -0.2) is 5.84 Å². The molecule has 0 spiro atoms. The van der Waals surface area contributed by atoms with Crippen LogP contribution in [0.1, 0.15) is 32.1 Å². The molecule has 4 nitrogen and oxygen atoms in total. The highest BCUT2D eigenvalue weighted by molar-refractivity contribution is 5.80. The van der Waals surface area contributed by atoms with E-state index in [9.17, 15) is 9.90 Å². The molecule has 1 amide bonds. The Balaban J connectivity index is 1.78. The Morgan fingerprint density at radius 1 is 1.12 bits per heavy atom. The molecule has 0 aromatic heterocycles. The van der Waals surface area contributed by atoms with E-state index >= 15 is 0 Å². The monoisotopic (exact) mass is 224 g/mol. The van der Waals surface area contributed by atoms with Gasteiger partial charge in [-0.05, 0) is 61.7 Å². The number of nitrogens with one attached hydrogen (secondary N) is 1. The van der Waals surface area contributed by atoms with Crippen molar-refractivity contribution >= 4 is 5.91 Å². The molecule has 0 aromatic rings. The number of amides is 1. The van der Waals surface area contributed by atoms with Crippen LogP contribution in [0.3, 0.4) is 0 Å². The van der Waals surface area contributed by atoms with Crippen molar-refractivity contribution in [2.24, 2.45) is 35.4 Å².